The number of ether oxygens (including phenoxy) is 2. The number of thioether (sulfide) groups is 1. The zero-order chi connectivity index (χ0) is 21.8. The van der Waals surface area contributed by atoms with Gasteiger partial charge in [0, 0.05) is 24.5 Å². The molecule has 160 valence electrons. The second kappa shape index (κ2) is 9.09. The fourth-order valence-electron chi connectivity index (χ4n) is 2.90. The van der Waals surface area contributed by atoms with Gasteiger partial charge in [-0.25, -0.2) is 0 Å². The van der Waals surface area contributed by atoms with E-state index in [1.165, 1.54) is 11.8 Å². The molecule has 10 heteroatoms. The molecule has 0 saturated carbocycles. The first kappa shape index (κ1) is 20.7. The molecule has 1 atom stereocenters. The summed E-state index contributed by atoms with van der Waals surface area (Å²) in [5.74, 6) is 1.40. The Labute approximate surface area is 183 Å². The molecule has 0 aliphatic carbocycles. The Morgan fingerprint density at radius 3 is 2.65 bits per heavy atom. The molecule has 2 aromatic carbocycles. The average molecular weight is 439 g/mol. The van der Waals surface area contributed by atoms with Gasteiger partial charge in [0.2, 0.25) is 18.6 Å². The summed E-state index contributed by atoms with van der Waals surface area (Å²) in [5, 5.41) is 14.0. The quantitative estimate of drug-likeness (QED) is 0.545. The standard InChI is InChI=1S/C21H21N5O4S/c1-13(20(28)23-15-8-9-16-17(10-15)30-12-29-16)31-21-25-24-18(26(21)2)11-19(27)22-14-6-4-3-5-7-14/h3-10,13H,11-12H2,1-2H3,(H,22,27)(H,23,28)/t13-/m1/s1. The molecule has 0 saturated heterocycles. The number of nitrogens with one attached hydrogen (secondary N) is 2. The van der Waals surface area contributed by atoms with Crippen molar-refractivity contribution in [2.24, 2.45) is 7.05 Å². The molecule has 31 heavy (non-hydrogen) atoms. The summed E-state index contributed by atoms with van der Waals surface area (Å²) in [6.45, 7) is 1.96. The summed E-state index contributed by atoms with van der Waals surface area (Å²) in [6, 6.07) is 14.5. The van der Waals surface area contributed by atoms with Crippen LogP contribution in [0.4, 0.5) is 11.4 Å². The number of hydrogen-bond donors (Lipinski definition) is 2. The number of aromatic nitrogens is 3. The molecule has 2 amide bonds. The summed E-state index contributed by atoms with van der Waals surface area (Å²) in [4.78, 5) is 24.9. The SMILES string of the molecule is C[C@@H](Sc1nnc(CC(=O)Nc2ccccc2)n1C)C(=O)Nc1ccc2c(c1)OCO2. The molecule has 1 aromatic heterocycles. The maximum Gasteiger partial charge on any atom is 0.237 e. The third-order valence-electron chi connectivity index (χ3n) is 4.59. The molecule has 2 heterocycles. The first-order chi connectivity index (χ1) is 15.0. The molecule has 1 aliphatic heterocycles. The summed E-state index contributed by atoms with van der Waals surface area (Å²) < 4.78 is 12.3. The second-order valence-electron chi connectivity index (χ2n) is 6.87. The van der Waals surface area contributed by atoms with E-state index in [1.54, 1.807) is 36.7 Å². The van der Waals surface area contributed by atoms with Gasteiger partial charge in [-0.1, -0.05) is 30.0 Å². The number of anilines is 2. The third-order valence-corrected chi connectivity index (χ3v) is 5.73. The average Bonchev–Trinajstić information content (AvgIpc) is 3.36. The number of amides is 2. The summed E-state index contributed by atoms with van der Waals surface area (Å²) in [5.41, 5.74) is 1.34. The monoisotopic (exact) mass is 439 g/mol. The topological polar surface area (TPSA) is 107 Å². The van der Waals surface area contributed by atoms with Crippen molar-refractivity contribution in [3.8, 4) is 11.5 Å². The Morgan fingerprint density at radius 2 is 1.84 bits per heavy atom. The predicted octanol–water partition coefficient (Wildman–Crippen LogP) is 2.84. The molecule has 3 aromatic rings. The number of carbonyl (C=O) groups is 2. The van der Waals surface area contributed by atoms with Crippen molar-refractivity contribution in [3.63, 3.8) is 0 Å². The lowest BCUT2D eigenvalue weighted by molar-refractivity contribution is -0.116. The molecule has 0 unspecified atom stereocenters. The Bertz CT molecular complexity index is 1100. The van der Waals surface area contributed by atoms with Gasteiger partial charge in [0.25, 0.3) is 0 Å². The highest BCUT2D eigenvalue weighted by molar-refractivity contribution is 8.00. The summed E-state index contributed by atoms with van der Waals surface area (Å²) in [7, 11) is 1.77. The van der Waals surface area contributed by atoms with Crippen molar-refractivity contribution in [3.05, 3.63) is 54.4 Å². The Balaban J connectivity index is 1.34. The number of hydrogen-bond acceptors (Lipinski definition) is 7. The normalized spacial score (nSPS) is 13.0. The Kier molecular flexibility index (Phi) is 6.08. The van der Waals surface area contributed by atoms with Gasteiger partial charge in [0.15, 0.2) is 16.7 Å². The lowest BCUT2D eigenvalue weighted by atomic mass is 10.2. The minimum atomic E-state index is -0.431. The van der Waals surface area contributed by atoms with E-state index in [1.807, 2.05) is 30.3 Å². The lowest BCUT2D eigenvalue weighted by Gasteiger charge is -2.12. The van der Waals surface area contributed by atoms with Crippen LogP contribution in [0, 0.1) is 0 Å². The van der Waals surface area contributed by atoms with E-state index >= 15 is 0 Å². The Morgan fingerprint density at radius 1 is 1.06 bits per heavy atom. The summed E-state index contributed by atoms with van der Waals surface area (Å²) >= 11 is 1.26. The first-order valence-corrected chi connectivity index (χ1v) is 10.5. The van der Waals surface area contributed by atoms with E-state index in [0.717, 1.165) is 5.69 Å². The van der Waals surface area contributed by atoms with Crippen LogP contribution in [0.25, 0.3) is 0 Å². The lowest BCUT2D eigenvalue weighted by Crippen LogP contribution is -2.23. The van der Waals surface area contributed by atoms with E-state index in [0.29, 0.717) is 28.2 Å². The van der Waals surface area contributed by atoms with Crippen molar-refractivity contribution in [1.82, 2.24) is 14.8 Å². The molecule has 9 nitrogen and oxygen atoms in total. The molecule has 0 bridgehead atoms. The van der Waals surface area contributed by atoms with Gasteiger partial charge in [0.1, 0.15) is 5.82 Å². The largest absolute Gasteiger partial charge is 0.454 e. The Hall–Kier alpha value is -3.53. The fourth-order valence-corrected chi connectivity index (χ4v) is 3.74. The van der Waals surface area contributed by atoms with Crippen LogP contribution in [0.1, 0.15) is 12.7 Å². The van der Waals surface area contributed by atoms with Crippen LogP contribution in [-0.2, 0) is 23.1 Å². The van der Waals surface area contributed by atoms with Gasteiger partial charge in [-0.2, -0.15) is 0 Å². The maximum absolute atomic E-state index is 12.6. The van der Waals surface area contributed by atoms with Gasteiger partial charge in [-0.05, 0) is 31.2 Å². The van der Waals surface area contributed by atoms with Gasteiger partial charge in [-0.3, -0.25) is 9.59 Å². The molecular formula is C21H21N5O4S. The zero-order valence-corrected chi connectivity index (χ0v) is 17.8. The van der Waals surface area contributed by atoms with Crippen molar-refractivity contribution < 1.29 is 19.1 Å². The van der Waals surface area contributed by atoms with Gasteiger partial charge in [0.05, 0.1) is 11.7 Å². The van der Waals surface area contributed by atoms with Crippen LogP contribution >= 0.6 is 11.8 Å². The van der Waals surface area contributed by atoms with Crippen LogP contribution in [-0.4, -0.2) is 38.6 Å². The van der Waals surface area contributed by atoms with Gasteiger partial charge in [-0.15, -0.1) is 10.2 Å². The highest BCUT2D eigenvalue weighted by atomic mass is 32.2. The molecule has 1 aliphatic rings. The fraction of sp³-hybridized carbons (Fsp3) is 0.238. The van der Waals surface area contributed by atoms with Gasteiger partial charge < -0.3 is 24.7 Å². The van der Waals surface area contributed by atoms with Crippen LogP contribution in [0.2, 0.25) is 0 Å². The molecule has 0 spiro atoms. The number of para-hydroxylation sites is 1. The van der Waals surface area contributed by atoms with Crippen molar-refractivity contribution in [2.45, 2.75) is 23.8 Å². The molecule has 0 fully saturated rings. The smallest absolute Gasteiger partial charge is 0.237 e. The van der Waals surface area contributed by atoms with Crippen LogP contribution in [0.5, 0.6) is 11.5 Å². The minimum Gasteiger partial charge on any atom is -0.454 e. The second-order valence-corrected chi connectivity index (χ2v) is 8.17. The first-order valence-electron chi connectivity index (χ1n) is 9.60. The molecule has 4 rings (SSSR count). The van der Waals surface area contributed by atoms with Crippen molar-refractivity contribution in [2.75, 3.05) is 17.4 Å². The highest BCUT2D eigenvalue weighted by Gasteiger charge is 2.21. The number of benzene rings is 2. The number of fused-ring (bicyclic) bond motifs is 1. The van der Waals surface area contributed by atoms with E-state index in [9.17, 15) is 9.59 Å². The van der Waals surface area contributed by atoms with E-state index in [2.05, 4.69) is 20.8 Å². The van der Waals surface area contributed by atoms with Crippen LogP contribution in [0.3, 0.4) is 0 Å². The van der Waals surface area contributed by atoms with Crippen molar-refractivity contribution >= 4 is 35.0 Å². The van der Waals surface area contributed by atoms with Crippen molar-refractivity contribution in [1.29, 1.82) is 0 Å². The molecule has 2 N–H and O–H groups in total. The number of carbonyl (C=O) groups excluding carboxylic acids is 2. The highest BCUT2D eigenvalue weighted by Crippen LogP contribution is 2.34. The predicted molar refractivity (Wildman–Crippen MR) is 116 cm³/mol. The summed E-state index contributed by atoms with van der Waals surface area (Å²) in [6.07, 6.45) is 0.0801. The van der Waals surface area contributed by atoms with Crippen LogP contribution in [0.15, 0.2) is 53.7 Å². The zero-order valence-electron chi connectivity index (χ0n) is 17.0. The van der Waals surface area contributed by atoms with E-state index in [4.69, 9.17) is 9.47 Å². The third kappa shape index (κ3) is 4.97. The molecule has 0 radical (unpaired) electrons. The minimum absolute atomic E-state index is 0.0801. The number of nitrogens with zero attached hydrogens (tertiary/aromatic N) is 3. The van der Waals surface area contributed by atoms with E-state index < -0.39 is 5.25 Å². The maximum atomic E-state index is 12.6. The van der Waals surface area contributed by atoms with Crippen LogP contribution < -0.4 is 20.1 Å². The van der Waals surface area contributed by atoms with Gasteiger partial charge >= 0.3 is 0 Å². The number of rotatable bonds is 7. The molecular weight excluding hydrogens is 418 g/mol. The van der Waals surface area contributed by atoms with E-state index in [-0.39, 0.29) is 25.0 Å².